The van der Waals surface area contributed by atoms with Gasteiger partial charge in [-0.15, -0.1) is 0 Å². The van der Waals surface area contributed by atoms with Crippen LogP contribution < -0.4 is 5.32 Å². The summed E-state index contributed by atoms with van der Waals surface area (Å²) in [7, 11) is 0. The number of aryl methyl sites for hydroxylation is 1. The lowest BCUT2D eigenvalue weighted by Gasteiger charge is -2.11. The summed E-state index contributed by atoms with van der Waals surface area (Å²) in [6.45, 7) is 3.60. The minimum absolute atomic E-state index is 0.308. The summed E-state index contributed by atoms with van der Waals surface area (Å²) in [6.07, 6.45) is 0. The van der Waals surface area contributed by atoms with Crippen molar-refractivity contribution in [3.63, 3.8) is 0 Å². The Hall–Kier alpha value is -1.89. The topological polar surface area (TPSA) is 55.4 Å². The Morgan fingerprint density at radius 3 is 2.55 bits per heavy atom. The fraction of sp³-hybridized carbons (Fsp3) is 0.176. The average Bonchev–Trinajstić information content (AvgIpc) is 2.50. The van der Waals surface area contributed by atoms with E-state index < -0.39 is 5.97 Å². The summed E-state index contributed by atoms with van der Waals surface area (Å²) in [5.74, 6) is -0.853. The Morgan fingerprint density at radius 1 is 1.09 bits per heavy atom. The highest BCUT2D eigenvalue weighted by atomic mass is 127. The second-order valence-electron chi connectivity index (χ2n) is 4.85. The smallest absolute Gasteiger partial charge is 0.339 e. The monoisotopic (exact) mass is 409 g/mol. The molecule has 0 heterocycles. The normalized spacial score (nSPS) is 10.1. The number of hydrogen-bond donors (Lipinski definition) is 1. The van der Waals surface area contributed by atoms with Gasteiger partial charge in [-0.3, -0.25) is 4.79 Å². The number of nitrogens with one attached hydrogen (secondary N) is 1. The number of ether oxygens (including phenoxy) is 1. The SMILES string of the molecule is Cc1cccc(NC(=O)COC(=O)c2ccccc2I)c1C. The van der Waals surface area contributed by atoms with E-state index in [-0.39, 0.29) is 12.5 Å². The second kappa shape index (κ2) is 7.40. The van der Waals surface area contributed by atoms with Gasteiger partial charge in [-0.1, -0.05) is 24.3 Å². The molecule has 0 saturated heterocycles. The zero-order valence-corrected chi connectivity index (χ0v) is 14.5. The summed E-state index contributed by atoms with van der Waals surface area (Å²) >= 11 is 2.06. The van der Waals surface area contributed by atoms with Crippen molar-refractivity contribution in [2.24, 2.45) is 0 Å². The summed E-state index contributed by atoms with van der Waals surface area (Å²) in [5, 5.41) is 2.75. The van der Waals surface area contributed by atoms with Crippen molar-refractivity contribution < 1.29 is 14.3 Å². The molecule has 0 aliphatic carbocycles. The average molecular weight is 409 g/mol. The number of halogens is 1. The molecule has 4 nitrogen and oxygen atoms in total. The van der Waals surface area contributed by atoms with Crippen molar-refractivity contribution in [1.29, 1.82) is 0 Å². The van der Waals surface area contributed by atoms with E-state index in [1.807, 2.05) is 44.2 Å². The van der Waals surface area contributed by atoms with Gasteiger partial charge in [-0.05, 0) is 65.8 Å². The van der Waals surface area contributed by atoms with Crippen LogP contribution in [0.15, 0.2) is 42.5 Å². The maximum atomic E-state index is 11.9. The van der Waals surface area contributed by atoms with Gasteiger partial charge in [0.05, 0.1) is 5.56 Å². The Morgan fingerprint density at radius 2 is 1.82 bits per heavy atom. The van der Waals surface area contributed by atoms with Crippen molar-refractivity contribution in [3.05, 3.63) is 62.7 Å². The molecular weight excluding hydrogens is 393 g/mol. The van der Waals surface area contributed by atoms with Gasteiger partial charge in [0.15, 0.2) is 6.61 Å². The van der Waals surface area contributed by atoms with E-state index in [2.05, 4.69) is 27.9 Å². The maximum Gasteiger partial charge on any atom is 0.339 e. The molecule has 22 heavy (non-hydrogen) atoms. The van der Waals surface area contributed by atoms with Crippen molar-refractivity contribution in [2.75, 3.05) is 11.9 Å². The van der Waals surface area contributed by atoms with Crippen molar-refractivity contribution in [1.82, 2.24) is 0 Å². The van der Waals surface area contributed by atoms with E-state index in [4.69, 9.17) is 4.74 Å². The lowest BCUT2D eigenvalue weighted by molar-refractivity contribution is -0.119. The molecule has 1 amide bonds. The minimum atomic E-state index is -0.499. The van der Waals surface area contributed by atoms with E-state index in [0.717, 1.165) is 20.4 Å². The Bertz CT molecular complexity index is 713. The summed E-state index contributed by atoms with van der Waals surface area (Å²) in [5.41, 5.74) is 3.28. The highest BCUT2D eigenvalue weighted by molar-refractivity contribution is 14.1. The van der Waals surface area contributed by atoms with E-state index in [0.29, 0.717) is 5.56 Å². The number of amides is 1. The molecule has 2 aromatic carbocycles. The van der Waals surface area contributed by atoms with Gasteiger partial charge >= 0.3 is 5.97 Å². The van der Waals surface area contributed by atoms with Gasteiger partial charge in [-0.2, -0.15) is 0 Å². The molecule has 0 spiro atoms. The van der Waals surface area contributed by atoms with Crippen molar-refractivity contribution in [3.8, 4) is 0 Å². The zero-order valence-electron chi connectivity index (χ0n) is 12.4. The van der Waals surface area contributed by atoms with Gasteiger partial charge in [0, 0.05) is 9.26 Å². The highest BCUT2D eigenvalue weighted by Crippen LogP contribution is 2.18. The van der Waals surface area contributed by atoms with Crippen LogP contribution in [0, 0.1) is 17.4 Å². The molecular formula is C17H16INO3. The molecule has 114 valence electrons. The van der Waals surface area contributed by atoms with Gasteiger partial charge in [-0.25, -0.2) is 4.79 Å². The molecule has 1 N–H and O–H groups in total. The molecule has 0 saturated carbocycles. The Kier molecular flexibility index (Phi) is 5.54. The largest absolute Gasteiger partial charge is 0.452 e. The first-order chi connectivity index (χ1) is 10.5. The number of rotatable bonds is 4. The third-order valence-corrected chi connectivity index (χ3v) is 4.25. The molecule has 0 aromatic heterocycles. The third-order valence-electron chi connectivity index (χ3n) is 3.31. The van der Waals surface area contributed by atoms with E-state index in [1.54, 1.807) is 12.1 Å². The van der Waals surface area contributed by atoms with Crippen LogP contribution in [0.5, 0.6) is 0 Å². The molecule has 0 bridgehead atoms. The molecule has 0 fully saturated rings. The van der Waals surface area contributed by atoms with Crippen LogP contribution in [0.2, 0.25) is 0 Å². The molecule has 0 aliphatic heterocycles. The molecule has 0 aliphatic rings. The number of carbonyl (C=O) groups excluding carboxylic acids is 2. The van der Waals surface area contributed by atoms with Crippen LogP contribution in [-0.2, 0) is 9.53 Å². The molecule has 2 rings (SSSR count). The van der Waals surface area contributed by atoms with Crippen molar-refractivity contribution >= 4 is 40.2 Å². The van der Waals surface area contributed by atoms with Crippen LogP contribution in [0.3, 0.4) is 0 Å². The first-order valence-corrected chi connectivity index (χ1v) is 7.84. The lowest BCUT2D eigenvalue weighted by Crippen LogP contribution is -2.21. The van der Waals surface area contributed by atoms with Crippen LogP contribution in [0.25, 0.3) is 0 Å². The number of hydrogen-bond acceptors (Lipinski definition) is 3. The van der Waals surface area contributed by atoms with Gasteiger partial charge in [0.25, 0.3) is 5.91 Å². The molecule has 0 radical (unpaired) electrons. The summed E-state index contributed by atoms with van der Waals surface area (Å²) in [4.78, 5) is 23.8. The standard InChI is InChI=1S/C17H16INO3/c1-11-6-5-9-15(12(11)2)19-16(20)10-22-17(21)13-7-3-4-8-14(13)18/h3-9H,10H2,1-2H3,(H,19,20). The number of carbonyl (C=O) groups is 2. The van der Waals surface area contributed by atoms with Crippen LogP contribution in [0.1, 0.15) is 21.5 Å². The fourth-order valence-electron chi connectivity index (χ4n) is 1.91. The van der Waals surface area contributed by atoms with E-state index in [1.165, 1.54) is 0 Å². The number of anilines is 1. The summed E-state index contributed by atoms with van der Waals surface area (Å²) in [6, 6.07) is 12.8. The van der Waals surface area contributed by atoms with Crippen molar-refractivity contribution in [2.45, 2.75) is 13.8 Å². The fourth-order valence-corrected chi connectivity index (χ4v) is 2.52. The van der Waals surface area contributed by atoms with E-state index >= 15 is 0 Å². The maximum absolute atomic E-state index is 11.9. The first kappa shape index (κ1) is 16.5. The number of esters is 1. The van der Waals surface area contributed by atoms with Gasteiger partial charge < -0.3 is 10.1 Å². The van der Waals surface area contributed by atoms with Gasteiger partial charge in [0.1, 0.15) is 0 Å². The Labute approximate surface area is 143 Å². The zero-order chi connectivity index (χ0) is 16.1. The predicted octanol–water partition coefficient (Wildman–Crippen LogP) is 3.70. The van der Waals surface area contributed by atoms with Crippen LogP contribution in [-0.4, -0.2) is 18.5 Å². The molecule has 2 aromatic rings. The molecule has 0 atom stereocenters. The minimum Gasteiger partial charge on any atom is -0.452 e. The number of benzene rings is 2. The summed E-state index contributed by atoms with van der Waals surface area (Å²) < 4.78 is 5.85. The van der Waals surface area contributed by atoms with E-state index in [9.17, 15) is 9.59 Å². The lowest BCUT2D eigenvalue weighted by atomic mass is 10.1. The van der Waals surface area contributed by atoms with Crippen LogP contribution in [0.4, 0.5) is 5.69 Å². The van der Waals surface area contributed by atoms with Gasteiger partial charge in [0.2, 0.25) is 0 Å². The Balaban J connectivity index is 1.95. The highest BCUT2D eigenvalue weighted by Gasteiger charge is 2.13. The van der Waals surface area contributed by atoms with Crippen LogP contribution >= 0.6 is 22.6 Å². The molecule has 0 unspecified atom stereocenters. The third kappa shape index (κ3) is 4.07. The molecule has 5 heteroatoms. The first-order valence-electron chi connectivity index (χ1n) is 6.76. The quantitative estimate of drug-likeness (QED) is 0.619. The second-order valence-corrected chi connectivity index (χ2v) is 6.01. The predicted molar refractivity (Wildman–Crippen MR) is 94.0 cm³/mol.